The lowest BCUT2D eigenvalue weighted by atomic mass is 9.95. The summed E-state index contributed by atoms with van der Waals surface area (Å²) in [5, 5.41) is 12.0. The molecule has 1 unspecified atom stereocenters. The predicted octanol–water partition coefficient (Wildman–Crippen LogP) is 0.698. The van der Waals surface area contributed by atoms with Gasteiger partial charge in [-0.2, -0.15) is 0 Å². The monoisotopic (exact) mass is 242 g/mol. The van der Waals surface area contributed by atoms with E-state index >= 15 is 0 Å². The summed E-state index contributed by atoms with van der Waals surface area (Å²) in [5.41, 5.74) is 0. The van der Waals surface area contributed by atoms with E-state index in [0.717, 1.165) is 25.9 Å². The van der Waals surface area contributed by atoms with Crippen LogP contribution in [-0.4, -0.2) is 47.6 Å². The molecule has 1 fully saturated rings. The maximum absolute atomic E-state index is 12.0. The van der Waals surface area contributed by atoms with Crippen molar-refractivity contribution < 1.29 is 14.7 Å². The number of hydrogen-bond donors (Lipinski definition) is 2. The number of rotatable bonds is 5. The van der Waals surface area contributed by atoms with E-state index in [4.69, 9.17) is 5.11 Å². The average Bonchev–Trinajstić information content (AvgIpc) is 2.26. The molecule has 1 amide bonds. The Bertz CT molecular complexity index is 273. The van der Waals surface area contributed by atoms with Crippen LogP contribution in [0.1, 0.15) is 33.1 Å². The zero-order chi connectivity index (χ0) is 12.8. The van der Waals surface area contributed by atoms with Gasteiger partial charge >= 0.3 is 5.97 Å². The van der Waals surface area contributed by atoms with Gasteiger partial charge in [0.25, 0.3) is 0 Å². The Balaban J connectivity index is 2.49. The second kappa shape index (κ2) is 6.59. The lowest BCUT2D eigenvalue weighted by Gasteiger charge is -2.28. The van der Waals surface area contributed by atoms with Gasteiger partial charge in [0.2, 0.25) is 5.91 Å². The van der Waals surface area contributed by atoms with Crippen molar-refractivity contribution in [3.63, 3.8) is 0 Å². The highest BCUT2D eigenvalue weighted by Crippen LogP contribution is 2.16. The summed E-state index contributed by atoms with van der Waals surface area (Å²) in [4.78, 5) is 24.2. The number of hydrogen-bond acceptors (Lipinski definition) is 3. The van der Waals surface area contributed by atoms with Crippen LogP contribution >= 0.6 is 0 Å². The number of carboxylic acids is 1. The van der Waals surface area contributed by atoms with E-state index in [1.165, 1.54) is 4.90 Å². The average molecular weight is 242 g/mol. The molecule has 2 N–H and O–H groups in total. The fourth-order valence-electron chi connectivity index (χ4n) is 2.17. The van der Waals surface area contributed by atoms with Crippen LogP contribution in [0, 0.1) is 5.92 Å². The summed E-state index contributed by atoms with van der Waals surface area (Å²) in [6.07, 6.45) is 2.61. The number of nitrogens with zero attached hydrogens (tertiary/aromatic N) is 1. The molecule has 98 valence electrons. The summed E-state index contributed by atoms with van der Waals surface area (Å²) < 4.78 is 0. The van der Waals surface area contributed by atoms with Crippen LogP contribution in [0.25, 0.3) is 0 Å². The zero-order valence-corrected chi connectivity index (χ0v) is 10.6. The summed E-state index contributed by atoms with van der Waals surface area (Å²) in [6.45, 7) is 5.38. The number of piperidine rings is 1. The first kappa shape index (κ1) is 14.0. The molecule has 0 aromatic carbocycles. The van der Waals surface area contributed by atoms with Gasteiger partial charge in [0, 0.05) is 12.5 Å². The van der Waals surface area contributed by atoms with Crippen molar-refractivity contribution in [3.8, 4) is 0 Å². The minimum atomic E-state index is -0.950. The highest BCUT2D eigenvalue weighted by Gasteiger charge is 2.23. The molecular weight excluding hydrogens is 220 g/mol. The van der Waals surface area contributed by atoms with Gasteiger partial charge < -0.3 is 15.3 Å². The fraction of sp³-hybridized carbons (Fsp3) is 0.833. The molecule has 0 radical (unpaired) electrons. The van der Waals surface area contributed by atoms with Crippen LogP contribution in [0.3, 0.4) is 0 Å². The molecule has 1 heterocycles. The first-order valence-corrected chi connectivity index (χ1v) is 6.22. The summed E-state index contributed by atoms with van der Waals surface area (Å²) >= 11 is 0. The number of amides is 1. The molecule has 0 spiro atoms. The van der Waals surface area contributed by atoms with Crippen molar-refractivity contribution >= 4 is 11.9 Å². The van der Waals surface area contributed by atoms with E-state index in [0.29, 0.717) is 12.3 Å². The maximum Gasteiger partial charge on any atom is 0.323 e. The Morgan fingerprint density at radius 1 is 1.47 bits per heavy atom. The summed E-state index contributed by atoms with van der Waals surface area (Å²) in [5.74, 6) is -0.642. The third kappa shape index (κ3) is 4.73. The van der Waals surface area contributed by atoms with Crippen molar-refractivity contribution in [1.82, 2.24) is 10.2 Å². The van der Waals surface area contributed by atoms with Crippen LogP contribution in [-0.2, 0) is 9.59 Å². The number of aliphatic carboxylic acids is 1. The Morgan fingerprint density at radius 2 is 2.18 bits per heavy atom. The van der Waals surface area contributed by atoms with E-state index in [9.17, 15) is 9.59 Å². The van der Waals surface area contributed by atoms with Crippen LogP contribution in [0.15, 0.2) is 0 Å². The second-order valence-electron chi connectivity index (χ2n) is 4.93. The number of carbonyl (C=O) groups is 2. The minimum Gasteiger partial charge on any atom is -0.480 e. The van der Waals surface area contributed by atoms with Crippen LogP contribution in [0.5, 0.6) is 0 Å². The first-order valence-electron chi connectivity index (χ1n) is 6.22. The fourth-order valence-corrected chi connectivity index (χ4v) is 2.17. The van der Waals surface area contributed by atoms with Crippen LogP contribution < -0.4 is 5.32 Å². The van der Waals surface area contributed by atoms with Gasteiger partial charge in [-0.15, -0.1) is 0 Å². The lowest BCUT2D eigenvalue weighted by molar-refractivity contribution is -0.146. The summed E-state index contributed by atoms with van der Waals surface area (Å²) in [6, 6.07) is -0.0600. The Labute approximate surface area is 102 Å². The van der Waals surface area contributed by atoms with Crippen LogP contribution in [0.4, 0.5) is 0 Å². The van der Waals surface area contributed by atoms with E-state index in [-0.39, 0.29) is 18.5 Å². The van der Waals surface area contributed by atoms with Gasteiger partial charge in [-0.3, -0.25) is 9.59 Å². The Hall–Kier alpha value is -1.10. The van der Waals surface area contributed by atoms with Crippen LogP contribution in [0.2, 0.25) is 0 Å². The molecule has 1 aliphatic rings. The van der Waals surface area contributed by atoms with Gasteiger partial charge in [-0.25, -0.2) is 0 Å². The van der Waals surface area contributed by atoms with Crippen molar-refractivity contribution in [2.75, 3.05) is 19.6 Å². The molecule has 1 aliphatic heterocycles. The minimum absolute atomic E-state index is 0.0453. The zero-order valence-electron chi connectivity index (χ0n) is 10.6. The number of carbonyl (C=O) groups excluding carboxylic acids is 1. The Kier molecular flexibility index (Phi) is 5.41. The number of nitrogens with one attached hydrogen (secondary N) is 1. The van der Waals surface area contributed by atoms with E-state index in [2.05, 4.69) is 5.32 Å². The molecule has 0 aromatic heterocycles. The van der Waals surface area contributed by atoms with Gasteiger partial charge in [-0.1, -0.05) is 0 Å². The van der Waals surface area contributed by atoms with Gasteiger partial charge in [-0.05, 0) is 45.7 Å². The molecule has 0 bridgehead atoms. The largest absolute Gasteiger partial charge is 0.480 e. The molecule has 0 aromatic rings. The van der Waals surface area contributed by atoms with Gasteiger partial charge in [0.1, 0.15) is 6.54 Å². The molecule has 5 heteroatoms. The molecule has 0 aliphatic carbocycles. The molecule has 1 rings (SSSR count). The Morgan fingerprint density at radius 3 is 2.65 bits per heavy atom. The molecule has 1 saturated heterocycles. The smallest absolute Gasteiger partial charge is 0.323 e. The highest BCUT2D eigenvalue weighted by atomic mass is 16.4. The highest BCUT2D eigenvalue weighted by molar-refractivity contribution is 5.81. The molecule has 5 nitrogen and oxygen atoms in total. The second-order valence-corrected chi connectivity index (χ2v) is 4.93. The molecule has 0 saturated carbocycles. The van der Waals surface area contributed by atoms with E-state index in [1.54, 1.807) is 0 Å². The topological polar surface area (TPSA) is 69.6 Å². The van der Waals surface area contributed by atoms with Gasteiger partial charge in [0.05, 0.1) is 0 Å². The SMILES string of the molecule is CC(C)N(CC(=O)O)C(=O)CC1CCCNC1. The first-order chi connectivity index (χ1) is 8.00. The molecule has 17 heavy (non-hydrogen) atoms. The summed E-state index contributed by atoms with van der Waals surface area (Å²) in [7, 11) is 0. The van der Waals surface area contributed by atoms with Crippen molar-refractivity contribution in [2.45, 2.75) is 39.2 Å². The van der Waals surface area contributed by atoms with E-state index in [1.807, 2.05) is 13.8 Å². The lowest BCUT2D eigenvalue weighted by Crippen LogP contribution is -2.42. The van der Waals surface area contributed by atoms with Gasteiger partial charge in [0.15, 0.2) is 0 Å². The van der Waals surface area contributed by atoms with Crippen molar-refractivity contribution in [2.24, 2.45) is 5.92 Å². The third-order valence-corrected chi connectivity index (χ3v) is 3.11. The third-order valence-electron chi connectivity index (χ3n) is 3.11. The maximum atomic E-state index is 12.0. The van der Waals surface area contributed by atoms with E-state index < -0.39 is 5.97 Å². The normalized spacial score (nSPS) is 20.3. The standard InChI is InChI=1S/C12H22N2O3/c1-9(2)14(8-12(16)17)11(15)6-10-4-3-5-13-7-10/h9-10,13H,3-8H2,1-2H3,(H,16,17). The predicted molar refractivity (Wildman–Crippen MR) is 64.7 cm³/mol. The number of carboxylic acid groups (broad SMARTS) is 1. The molecular formula is C12H22N2O3. The molecule has 1 atom stereocenters. The van der Waals surface area contributed by atoms with Crippen molar-refractivity contribution in [3.05, 3.63) is 0 Å². The van der Waals surface area contributed by atoms with Crippen molar-refractivity contribution in [1.29, 1.82) is 0 Å². The quantitative estimate of drug-likeness (QED) is 0.744.